The van der Waals surface area contributed by atoms with E-state index >= 15 is 0 Å². The lowest BCUT2D eigenvalue weighted by molar-refractivity contribution is -0.140. The van der Waals surface area contributed by atoms with Gasteiger partial charge in [-0.2, -0.15) is 0 Å². The van der Waals surface area contributed by atoms with E-state index in [9.17, 15) is 9.59 Å². The molecule has 2 rings (SSSR count). The zero-order chi connectivity index (χ0) is 18.6. The summed E-state index contributed by atoms with van der Waals surface area (Å²) in [4.78, 5) is 23.4. The van der Waals surface area contributed by atoms with Crippen molar-refractivity contribution in [1.29, 1.82) is 0 Å². The highest BCUT2D eigenvalue weighted by molar-refractivity contribution is 5.96. The molecule has 0 aliphatic rings. The average Bonchev–Trinajstić information content (AvgIpc) is 2.68. The molecule has 0 bridgehead atoms. The maximum Gasteiger partial charge on any atom is 0.305 e. The number of aryl methyl sites for hydroxylation is 2. The van der Waals surface area contributed by atoms with Crippen LogP contribution in [0.5, 0.6) is 0 Å². The van der Waals surface area contributed by atoms with Crippen molar-refractivity contribution in [2.75, 3.05) is 7.11 Å². The Kier molecular flexibility index (Phi) is 8.61. The first-order chi connectivity index (χ1) is 12.7. The Balaban J connectivity index is 1.65. The van der Waals surface area contributed by atoms with E-state index in [0.29, 0.717) is 12.8 Å². The summed E-state index contributed by atoms with van der Waals surface area (Å²) < 4.78 is 4.64. The fraction of sp³-hybridized carbons (Fsp3) is 0.391. The predicted molar refractivity (Wildman–Crippen MR) is 104 cm³/mol. The van der Waals surface area contributed by atoms with Gasteiger partial charge in [0.2, 0.25) is 0 Å². The lowest BCUT2D eigenvalue weighted by Crippen LogP contribution is -2.01. The number of unbranched alkanes of at least 4 members (excludes halogenated alkanes) is 2. The molecule has 2 aromatic carbocycles. The number of carbonyl (C=O) groups excluding carboxylic acids is 2. The molecule has 0 aliphatic carbocycles. The number of rotatable bonds is 11. The number of carbonyl (C=O) groups is 2. The van der Waals surface area contributed by atoms with Gasteiger partial charge in [0.1, 0.15) is 0 Å². The molecule has 0 heterocycles. The summed E-state index contributed by atoms with van der Waals surface area (Å²) >= 11 is 0. The lowest BCUT2D eigenvalue weighted by atomic mass is 10.0. The third kappa shape index (κ3) is 7.22. The quantitative estimate of drug-likeness (QED) is 0.318. The molecule has 0 N–H and O–H groups in total. The van der Waals surface area contributed by atoms with Crippen LogP contribution in [0.3, 0.4) is 0 Å². The molecule has 0 aliphatic heterocycles. The molecule has 0 unspecified atom stereocenters. The van der Waals surface area contributed by atoms with Crippen molar-refractivity contribution in [2.24, 2.45) is 0 Å². The minimum atomic E-state index is -0.177. The molecule has 0 spiro atoms. The highest BCUT2D eigenvalue weighted by Crippen LogP contribution is 2.13. The average molecular weight is 352 g/mol. The van der Waals surface area contributed by atoms with Gasteiger partial charge in [-0.15, -0.1) is 0 Å². The summed E-state index contributed by atoms with van der Waals surface area (Å²) in [6.07, 6.45) is 6.84. The Morgan fingerprint density at radius 1 is 0.731 bits per heavy atom. The first kappa shape index (κ1) is 19.9. The third-order valence-electron chi connectivity index (χ3n) is 4.56. The van der Waals surface area contributed by atoms with Crippen molar-refractivity contribution >= 4 is 11.8 Å². The van der Waals surface area contributed by atoms with Crippen LogP contribution in [0.15, 0.2) is 54.6 Å². The lowest BCUT2D eigenvalue weighted by Gasteiger charge is -2.05. The Hall–Kier alpha value is -2.42. The first-order valence-corrected chi connectivity index (χ1v) is 9.42. The largest absolute Gasteiger partial charge is 0.469 e. The molecule has 0 fully saturated rings. The van der Waals surface area contributed by atoms with Gasteiger partial charge >= 0.3 is 5.97 Å². The van der Waals surface area contributed by atoms with Gasteiger partial charge in [0.05, 0.1) is 7.11 Å². The highest BCUT2D eigenvalue weighted by Gasteiger charge is 2.06. The van der Waals surface area contributed by atoms with Gasteiger partial charge in [-0.3, -0.25) is 9.59 Å². The van der Waals surface area contributed by atoms with Gasteiger partial charge in [0, 0.05) is 18.4 Å². The molecular weight excluding hydrogens is 324 g/mol. The van der Waals surface area contributed by atoms with Crippen molar-refractivity contribution in [2.45, 2.75) is 51.4 Å². The second-order valence-electron chi connectivity index (χ2n) is 6.60. The second kappa shape index (κ2) is 11.2. The zero-order valence-corrected chi connectivity index (χ0v) is 15.6. The first-order valence-electron chi connectivity index (χ1n) is 9.42. The van der Waals surface area contributed by atoms with Gasteiger partial charge in [0.15, 0.2) is 5.78 Å². The minimum absolute atomic E-state index is 0.177. The summed E-state index contributed by atoms with van der Waals surface area (Å²) in [7, 11) is 1.41. The summed E-state index contributed by atoms with van der Waals surface area (Å²) in [6, 6.07) is 18.2. The normalized spacial score (nSPS) is 10.5. The predicted octanol–water partition coefficient (Wildman–Crippen LogP) is 5.17. The maximum atomic E-state index is 12.3. The number of hydrogen-bond acceptors (Lipinski definition) is 3. The topological polar surface area (TPSA) is 43.4 Å². The molecule has 3 nitrogen and oxygen atoms in total. The molecule has 0 saturated carbocycles. The molecule has 3 heteroatoms. The maximum absolute atomic E-state index is 12.3. The highest BCUT2D eigenvalue weighted by atomic mass is 16.5. The molecule has 0 amide bonds. The van der Waals surface area contributed by atoms with E-state index in [2.05, 4.69) is 29.0 Å². The van der Waals surface area contributed by atoms with Crippen LogP contribution >= 0.6 is 0 Å². The number of methoxy groups -OCH3 is 1. The summed E-state index contributed by atoms with van der Waals surface area (Å²) in [5.74, 6) is 0.0369. The van der Waals surface area contributed by atoms with Gasteiger partial charge in [-0.1, -0.05) is 61.0 Å². The number of Topliss-reactive ketones (excluding diaryl/α,β-unsaturated/α-hetero) is 1. The number of esters is 1. The van der Waals surface area contributed by atoms with Gasteiger partial charge < -0.3 is 4.74 Å². The van der Waals surface area contributed by atoms with E-state index in [1.165, 1.54) is 12.7 Å². The smallest absolute Gasteiger partial charge is 0.305 e. The molecule has 138 valence electrons. The number of benzene rings is 2. The SMILES string of the molecule is COC(=O)CCCc1ccc(C(=O)CCCCCc2ccccc2)cc1. The fourth-order valence-corrected chi connectivity index (χ4v) is 2.98. The standard InChI is InChI=1S/C23H28O3/c1-26-23(25)14-8-12-20-15-17-21(18-16-20)22(24)13-7-3-6-11-19-9-4-2-5-10-19/h2,4-5,9-10,15-18H,3,6-8,11-14H2,1H3. The van der Waals surface area contributed by atoms with Crippen LogP contribution in [0.4, 0.5) is 0 Å². The van der Waals surface area contributed by atoms with E-state index < -0.39 is 0 Å². The van der Waals surface area contributed by atoms with Crippen LogP contribution in [-0.2, 0) is 22.4 Å². The van der Waals surface area contributed by atoms with Crippen molar-refractivity contribution in [3.63, 3.8) is 0 Å². The molecule has 0 radical (unpaired) electrons. The fourth-order valence-electron chi connectivity index (χ4n) is 2.98. The third-order valence-corrected chi connectivity index (χ3v) is 4.56. The second-order valence-corrected chi connectivity index (χ2v) is 6.60. The van der Waals surface area contributed by atoms with Crippen molar-refractivity contribution in [3.8, 4) is 0 Å². The summed E-state index contributed by atoms with van der Waals surface area (Å²) in [5.41, 5.74) is 3.29. The summed E-state index contributed by atoms with van der Waals surface area (Å²) in [6.45, 7) is 0. The van der Waals surface area contributed by atoms with E-state index in [1.54, 1.807) is 0 Å². The van der Waals surface area contributed by atoms with Crippen LogP contribution in [0.25, 0.3) is 0 Å². The molecular formula is C23H28O3. The number of hydrogen-bond donors (Lipinski definition) is 0. The van der Waals surface area contributed by atoms with Gasteiger partial charge in [-0.25, -0.2) is 0 Å². The van der Waals surface area contributed by atoms with E-state index in [1.807, 2.05) is 30.3 Å². The molecule has 2 aromatic rings. The Morgan fingerprint density at radius 2 is 1.38 bits per heavy atom. The van der Waals surface area contributed by atoms with Gasteiger partial charge in [-0.05, 0) is 43.2 Å². The Morgan fingerprint density at radius 3 is 2.08 bits per heavy atom. The van der Waals surface area contributed by atoms with Crippen LogP contribution in [0.2, 0.25) is 0 Å². The Labute approximate surface area is 156 Å². The van der Waals surface area contributed by atoms with E-state index in [4.69, 9.17) is 0 Å². The molecule has 0 atom stereocenters. The Bertz CT molecular complexity index is 674. The van der Waals surface area contributed by atoms with Gasteiger partial charge in [0.25, 0.3) is 0 Å². The van der Waals surface area contributed by atoms with Crippen LogP contribution in [0, 0.1) is 0 Å². The van der Waals surface area contributed by atoms with E-state index in [-0.39, 0.29) is 11.8 Å². The minimum Gasteiger partial charge on any atom is -0.469 e. The van der Waals surface area contributed by atoms with Crippen molar-refractivity contribution in [3.05, 3.63) is 71.3 Å². The van der Waals surface area contributed by atoms with Crippen molar-refractivity contribution in [1.82, 2.24) is 0 Å². The van der Waals surface area contributed by atoms with E-state index in [0.717, 1.165) is 49.7 Å². The summed E-state index contributed by atoms with van der Waals surface area (Å²) in [5, 5.41) is 0. The van der Waals surface area contributed by atoms with Crippen molar-refractivity contribution < 1.29 is 14.3 Å². The number of ketones is 1. The van der Waals surface area contributed by atoms with Crippen LogP contribution in [-0.4, -0.2) is 18.9 Å². The monoisotopic (exact) mass is 352 g/mol. The number of ether oxygens (including phenoxy) is 1. The zero-order valence-electron chi connectivity index (χ0n) is 15.6. The van der Waals surface area contributed by atoms with Crippen LogP contribution in [0.1, 0.15) is 60.0 Å². The van der Waals surface area contributed by atoms with Crippen LogP contribution < -0.4 is 0 Å². The molecule has 0 aromatic heterocycles. The molecule has 26 heavy (non-hydrogen) atoms. The molecule has 0 saturated heterocycles.